The number of aromatic nitrogens is 1. The van der Waals surface area contributed by atoms with Crippen molar-refractivity contribution < 1.29 is 14.4 Å². The van der Waals surface area contributed by atoms with E-state index >= 15 is 0 Å². The molecule has 128 valence electrons. The number of benzene rings is 1. The maximum absolute atomic E-state index is 9.67. The third-order valence-electron chi connectivity index (χ3n) is 4.05. The van der Waals surface area contributed by atoms with Gasteiger partial charge in [-0.3, -0.25) is 0 Å². The first-order valence-electron chi connectivity index (χ1n) is 8.44. The molecule has 0 saturated heterocycles. The number of unbranched alkanes of at least 4 members (excludes halogenated alkanes) is 2. The first-order valence-corrected chi connectivity index (χ1v) is 8.44. The first kappa shape index (κ1) is 17.3. The van der Waals surface area contributed by atoms with Gasteiger partial charge >= 0.3 is 7.12 Å². The summed E-state index contributed by atoms with van der Waals surface area (Å²) in [4.78, 5) is 4.41. The lowest BCUT2D eigenvalue weighted by Gasteiger charge is -2.11. The normalized spacial score (nSPS) is 12.6. The number of pyridine rings is 1. The van der Waals surface area contributed by atoms with Crippen molar-refractivity contribution in [2.75, 3.05) is 11.9 Å². The molecule has 0 aliphatic carbocycles. The molecule has 1 aromatic carbocycles. The summed E-state index contributed by atoms with van der Waals surface area (Å²) in [6.45, 7) is 3.07. The Morgan fingerprint density at radius 3 is 3.04 bits per heavy atom. The zero-order chi connectivity index (χ0) is 17.6. The molecule has 0 amide bonds. The van der Waals surface area contributed by atoms with Gasteiger partial charge in [-0.2, -0.15) is 10.2 Å². The van der Waals surface area contributed by atoms with Crippen LogP contribution in [0.15, 0.2) is 30.3 Å². The predicted molar refractivity (Wildman–Crippen MR) is 96.1 cm³/mol. The number of hydrogen-bond acceptors (Lipinski definition) is 6. The fourth-order valence-corrected chi connectivity index (χ4v) is 2.68. The zero-order valence-corrected chi connectivity index (χ0v) is 14.2. The van der Waals surface area contributed by atoms with Gasteiger partial charge in [0.05, 0.1) is 13.2 Å². The molecule has 7 heteroatoms. The molecule has 0 unspecified atom stereocenters. The predicted octanol–water partition coefficient (Wildman–Crippen LogP) is 2.48. The molecule has 0 radical (unpaired) electrons. The van der Waals surface area contributed by atoms with Crippen molar-refractivity contribution in [3.63, 3.8) is 0 Å². The molecule has 2 N–H and O–H groups in total. The SMILES string of the molecule is CCCCCOc1nc(Nc2ccc3c(c2)COB3O)ccc1C#N. The number of ether oxygens (including phenoxy) is 1. The van der Waals surface area contributed by atoms with Gasteiger partial charge in [-0.05, 0) is 41.7 Å². The topological polar surface area (TPSA) is 87.4 Å². The number of fused-ring (bicyclic) bond motifs is 1. The molecule has 25 heavy (non-hydrogen) atoms. The van der Waals surface area contributed by atoms with Gasteiger partial charge in [-0.1, -0.05) is 25.8 Å². The third kappa shape index (κ3) is 4.10. The summed E-state index contributed by atoms with van der Waals surface area (Å²) >= 11 is 0. The second-order valence-corrected chi connectivity index (χ2v) is 5.92. The van der Waals surface area contributed by atoms with Crippen LogP contribution in [0.1, 0.15) is 37.3 Å². The quantitative estimate of drug-likeness (QED) is 0.596. The molecule has 2 aromatic rings. The molecule has 0 spiro atoms. The minimum atomic E-state index is -0.847. The van der Waals surface area contributed by atoms with E-state index in [2.05, 4.69) is 23.3 Å². The Balaban J connectivity index is 1.73. The third-order valence-corrected chi connectivity index (χ3v) is 4.05. The molecule has 6 nitrogen and oxygen atoms in total. The van der Waals surface area contributed by atoms with E-state index in [-0.39, 0.29) is 0 Å². The summed E-state index contributed by atoms with van der Waals surface area (Å²) in [5.74, 6) is 0.951. The molecule has 3 rings (SSSR count). The van der Waals surface area contributed by atoms with Gasteiger partial charge in [0.1, 0.15) is 17.5 Å². The van der Waals surface area contributed by atoms with Crippen molar-refractivity contribution in [3.05, 3.63) is 41.5 Å². The average Bonchev–Trinajstić information content (AvgIpc) is 2.99. The van der Waals surface area contributed by atoms with Crippen LogP contribution in [0.5, 0.6) is 5.88 Å². The van der Waals surface area contributed by atoms with Crippen LogP contribution in [-0.2, 0) is 11.3 Å². The van der Waals surface area contributed by atoms with Gasteiger partial charge < -0.3 is 19.7 Å². The zero-order valence-electron chi connectivity index (χ0n) is 14.2. The standard InChI is InChI=1S/C18H20BN3O3/c1-2-3-4-9-24-18-13(11-20)5-8-17(22-18)21-15-6-7-16-14(10-15)12-25-19(16)23/h5-8,10,23H,2-4,9,12H2,1H3,(H,21,22). The number of rotatable bonds is 7. The summed E-state index contributed by atoms with van der Waals surface area (Å²) in [6.07, 6.45) is 3.14. The Morgan fingerprint density at radius 2 is 2.24 bits per heavy atom. The lowest BCUT2D eigenvalue weighted by atomic mass is 9.79. The Hall–Kier alpha value is -2.56. The van der Waals surface area contributed by atoms with E-state index < -0.39 is 7.12 Å². The minimum absolute atomic E-state index is 0.350. The van der Waals surface area contributed by atoms with Gasteiger partial charge in [0.25, 0.3) is 0 Å². The fourth-order valence-electron chi connectivity index (χ4n) is 2.68. The van der Waals surface area contributed by atoms with E-state index in [1.165, 1.54) is 0 Å². The van der Waals surface area contributed by atoms with Gasteiger partial charge in [-0.15, -0.1) is 0 Å². The van der Waals surface area contributed by atoms with E-state index in [1.54, 1.807) is 12.1 Å². The molecule has 0 bridgehead atoms. The monoisotopic (exact) mass is 337 g/mol. The molecular formula is C18H20BN3O3. The van der Waals surface area contributed by atoms with Crippen molar-refractivity contribution in [3.8, 4) is 11.9 Å². The Labute approximate surface area is 147 Å². The van der Waals surface area contributed by atoms with E-state index in [0.29, 0.717) is 30.5 Å². The molecule has 1 aliphatic heterocycles. The lowest BCUT2D eigenvalue weighted by molar-refractivity contribution is 0.275. The average molecular weight is 337 g/mol. The fraction of sp³-hybridized carbons (Fsp3) is 0.333. The molecule has 1 aliphatic rings. The second kappa shape index (κ2) is 8.01. The number of nitrogens with zero attached hydrogens (tertiary/aromatic N) is 2. The van der Waals surface area contributed by atoms with Crippen molar-refractivity contribution in [2.45, 2.75) is 32.8 Å². The second-order valence-electron chi connectivity index (χ2n) is 5.92. The van der Waals surface area contributed by atoms with Crippen LogP contribution >= 0.6 is 0 Å². The van der Waals surface area contributed by atoms with E-state index in [0.717, 1.165) is 36.0 Å². The molecular weight excluding hydrogens is 317 g/mol. The highest BCUT2D eigenvalue weighted by Gasteiger charge is 2.27. The van der Waals surface area contributed by atoms with E-state index in [1.807, 2.05) is 18.2 Å². The number of nitriles is 1. The van der Waals surface area contributed by atoms with Crippen LogP contribution in [0.3, 0.4) is 0 Å². The maximum Gasteiger partial charge on any atom is 0.491 e. The first-order chi connectivity index (χ1) is 12.2. The number of nitrogens with one attached hydrogen (secondary N) is 1. The van der Waals surface area contributed by atoms with Crippen LogP contribution in [0.4, 0.5) is 11.5 Å². The van der Waals surface area contributed by atoms with Crippen molar-refractivity contribution >= 4 is 24.1 Å². The summed E-state index contributed by atoms with van der Waals surface area (Å²) < 4.78 is 10.9. The van der Waals surface area contributed by atoms with E-state index in [4.69, 9.17) is 9.39 Å². The van der Waals surface area contributed by atoms with Crippen molar-refractivity contribution in [2.24, 2.45) is 0 Å². The van der Waals surface area contributed by atoms with E-state index in [9.17, 15) is 10.3 Å². The summed E-state index contributed by atoms with van der Waals surface area (Å²) in [5.41, 5.74) is 3.00. The summed E-state index contributed by atoms with van der Waals surface area (Å²) in [6, 6.07) is 11.2. The smallest absolute Gasteiger partial charge is 0.477 e. The Bertz CT molecular complexity index is 792. The van der Waals surface area contributed by atoms with Crippen molar-refractivity contribution in [1.29, 1.82) is 5.26 Å². The van der Waals surface area contributed by atoms with Crippen LogP contribution in [0.25, 0.3) is 0 Å². The summed E-state index contributed by atoms with van der Waals surface area (Å²) in [5, 5.41) is 22.1. The lowest BCUT2D eigenvalue weighted by Crippen LogP contribution is -2.27. The van der Waals surface area contributed by atoms with Gasteiger partial charge in [0, 0.05) is 5.69 Å². The Morgan fingerprint density at radius 1 is 1.36 bits per heavy atom. The van der Waals surface area contributed by atoms with Gasteiger partial charge in [0.2, 0.25) is 5.88 Å². The van der Waals surface area contributed by atoms with Crippen LogP contribution in [0.2, 0.25) is 0 Å². The van der Waals surface area contributed by atoms with Gasteiger partial charge in [-0.25, -0.2) is 0 Å². The minimum Gasteiger partial charge on any atom is -0.477 e. The highest BCUT2D eigenvalue weighted by atomic mass is 16.5. The Kier molecular flexibility index (Phi) is 5.54. The number of anilines is 2. The summed E-state index contributed by atoms with van der Waals surface area (Å²) in [7, 11) is -0.847. The maximum atomic E-state index is 9.67. The highest BCUT2D eigenvalue weighted by molar-refractivity contribution is 6.61. The molecule has 1 aromatic heterocycles. The molecule has 0 saturated carbocycles. The van der Waals surface area contributed by atoms with Crippen molar-refractivity contribution in [1.82, 2.24) is 4.98 Å². The molecule has 2 heterocycles. The van der Waals surface area contributed by atoms with Gasteiger partial charge in [0.15, 0.2) is 0 Å². The molecule has 0 fully saturated rings. The van der Waals surface area contributed by atoms with Crippen LogP contribution in [0, 0.1) is 11.3 Å². The van der Waals surface area contributed by atoms with Crippen LogP contribution in [-0.4, -0.2) is 23.7 Å². The molecule has 0 atom stereocenters. The number of hydrogen-bond donors (Lipinski definition) is 2. The van der Waals surface area contributed by atoms with Crippen LogP contribution < -0.4 is 15.5 Å². The largest absolute Gasteiger partial charge is 0.491 e. The highest BCUT2D eigenvalue weighted by Crippen LogP contribution is 2.23.